The number of hydrogen-bond donors (Lipinski definition) is 1. The molecule has 2 unspecified atom stereocenters. The van der Waals surface area contributed by atoms with Crippen LogP contribution in [0, 0.1) is 5.92 Å². The summed E-state index contributed by atoms with van der Waals surface area (Å²) in [6.07, 6.45) is 2.36. The standard InChI is InChI=1S/C15H22N2O.ClH/c1-12-8-9-13(2)17(11-12)15(18)10-16-14-6-4-3-5-7-14;/h3-7,12-13,16H,8-11H2,1-2H3;1H. The predicted molar refractivity (Wildman–Crippen MR) is 81.8 cm³/mol. The van der Waals surface area contributed by atoms with Crippen LogP contribution < -0.4 is 5.32 Å². The van der Waals surface area contributed by atoms with Gasteiger partial charge in [0, 0.05) is 18.3 Å². The Morgan fingerprint density at radius 2 is 1.95 bits per heavy atom. The molecule has 1 aliphatic rings. The fraction of sp³-hybridized carbons (Fsp3) is 0.533. The number of amides is 1. The maximum Gasteiger partial charge on any atom is 0.242 e. The molecule has 0 radical (unpaired) electrons. The third-order valence-electron chi connectivity index (χ3n) is 3.66. The lowest BCUT2D eigenvalue weighted by Gasteiger charge is -2.37. The number of anilines is 1. The van der Waals surface area contributed by atoms with Crippen LogP contribution in [0.25, 0.3) is 0 Å². The molecule has 1 saturated heterocycles. The number of benzene rings is 1. The zero-order valence-electron chi connectivity index (χ0n) is 11.6. The normalized spacial score (nSPS) is 22.5. The van der Waals surface area contributed by atoms with Crippen molar-refractivity contribution in [1.29, 1.82) is 0 Å². The molecule has 0 spiro atoms. The fourth-order valence-electron chi connectivity index (χ4n) is 2.47. The number of piperidine rings is 1. The average molecular weight is 283 g/mol. The lowest BCUT2D eigenvalue weighted by molar-refractivity contribution is -0.133. The van der Waals surface area contributed by atoms with Crippen LogP contribution in [0.1, 0.15) is 26.7 Å². The summed E-state index contributed by atoms with van der Waals surface area (Å²) in [5.74, 6) is 0.833. The van der Waals surface area contributed by atoms with Gasteiger partial charge >= 0.3 is 0 Å². The van der Waals surface area contributed by atoms with Crippen molar-refractivity contribution in [2.75, 3.05) is 18.4 Å². The predicted octanol–water partition coefficient (Wildman–Crippen LogP) is 3.17. The molecule has 4 heteroatoms. The Kier molecular flexibility index (Phi) is 6.16. The molecule has 1 N–H and O–H groups in total. The van der Waals surface area contributed by atoms with Crippen LogP contribution in [0.4, 0.5) is 5.69 Å². The van der Waals surface area contributed by atoms with Crippen molar-refractivity contribution < 1.29 is 4.79 Å². The van der Waals surface area contributed by atoms with Crippen molar-refractivity contribution >= 4 is 24.0 Å². The van der Waals surface area contributed by atoms with E-state index in [2.05, 4.69) is 19.2 Å². The number of halogens is 1. The molecule has 1 fully saturated rings. The van der Waals surface area contributed by atoms with E-state index in [1.54, 1.807) is 0 Å². The van der Waals surface area contributed by atoms with Crippen LogP contribution in [0.5, 0.6) is 0 Å². The average Bonchev–Trinajstić information content (AvgIpc) is 2.40. The second-order valence-corrected chi connectivity index (χ2v) is 5.30. The Morgan fingerprint density at radius 3 is 2.63 bits per heavy atom. The topological polar surface area (TPSA) is 32.3 Å². The van der Waals surface area contributed by atoms with Gasteiger partial charge in [-0.3, -0.25) is 4.79 Å². The minimum absolute atomic E-state index is 0. The SMILES string of the molecule is CC1CCC(C)N(C(=O)CNc2ccccc2)C1.Cl. The minimum atomic E-state index is 0. The summed E-state index contributed by atoms with van der Waals surface area (Å²) in [6, 6.07) is 10.3. The smallest absolute Gasteiger partial charge is 0.242 e. The van der Waals surface area contributed by atoms with E-state index in [-0.39, 0.29) is 18.3 Å². The maximum atomic E-state index is 12.2. The number of para-hydroxylation sites is 1. The largest absolute Gasteiger partial charge is 0.376 e. The Labute approximate surface area is 121 Å². The van der Waals surface area contributed by atoms with Gasteiger partial charge in [-0.2, -0.15) is 0 Å². The molecule has 1 aromatic rings. The van der Waals surface area contributed by atoms with Crippen LogP contribution >= 0.6 is 12.4 Å². The Bertz CT molecular complexity index is 396. The first kappa shape index (κ1) is 15.8. The number of carbonyl (C=O) groups is 1. The number of rotatable bonds is 3. The highest BCUT2D eigenvalue weighted by Gasteiger charge is 2.26. The van der Waals surface area contributed by atoms with E-state index in [1.807, 2.05) is 35.2 Å². The molecule has 1 heterocycles. The quantitative estimate of drug-likeness (QED) is 0.924. The van der Waals surface area contributed by atoms with E-state index >= 15 is 0 Å². The third-order valence-corrected chi connectivity index (χ3v) is 3.66. The van der Waals surface area contributed by atoms with Gasteiger partial charge in [0.2, 0.25) is 5.91 Å². The van der Waals surface area contributed by atoms with E-state index < -0.39 is 0 Å². The summed E-state index contributed by atoms with van der Waals surface area (Å²) < 4.78 is 0. The van der Waals surface area contributed by atoms with Gasteiger partial charge in [0.25, 0.3) is 0 Å². The molecule has 0 aliphatic carbocycles. The van der Waals surface area contributed by atoms with Crippen LogP contribution in [0.2, 0.25) is 0 Å². The van der Waals surface area contributed by atoms with E-state index in [4.69, 9.17) is 0 Å². The minimum Gasteiger partial charge on any atom is -0.376 e. The van der Waals surface area contributed by atoms with Crippen molar-refractivity contribution in [3.8, 4) is 0 Å². The van der Waals surface area contributed by atoms with E-state index in [1.165, 1.54) is 6.42 Å². The fourth-order valence-corrected chi connectivity index (χ4v) is 2.47. The van der Waals surface area contributed by atoms with Crippen LogP contribution in [0.15, 0.2) is 30.3 Å². The van der Waals surface area contributed by atoms with Gasteiger partial charge in [-0.25, -0.2) is 0 Å². The lowest BCUT2D eigenvalue weighted by Crippen LogP contribution is -2.47. The highest BCUT2D eigenvalue weighted by molar-refractivity contribution is 5.85. The molecule has 0 aromatic heterocycles. The molecule has 1 amide bonds. The summed E-state index contributed by atoms with van der Waals surface area (Å²) in [4.78, 5) is 14.2. The Hall–Kier alpha value is -1.22. The highest BCUT2D eigenvalue weighted by atomic mass is 35.5. The van der Waals surface area contributed by atoms with Crippen molar-refractivity contribution in [3.05, 3.63) is 30.3 Å². The first-order valence-corrected chi connectivity index (χ1v) is 6.75. The van der Waals surface area contributed by atoms with Crippen molar-refractivity contribution in [3.63, 3.8) is 0 Å². The first-order chi connectivity index (χ1) is 8.66. The number of carbonyl (C=O) groups excluding carboxylic acids is 1. The Morgan fingerprint density at radius 1 is 1.26 bits per heavy atom. The summed E-state index contributed by atoms with van der Waals surface area (Å²) in [5.41, 5.74) is 1.00. The van der Waals surface area contributed by atoms with Crippen LogP contribution in [-0.4, -0.2) is 29.9 Å². The second-order valence-electron chi connectivity index (χ2n) is 5.30. The molecule has 1 aromatic carbocycles. The molecular formula is C15H23ClN2O. The van der Waals surface area contributed by atoms with E-state index in [0.717, 1.165) is 18.7 Å². The van der Waals surface area contributed by atoms with Crippen molar-refractivity contribution in [1.82, 2.24) is 4.90 Å². The first-order valence-electron chi connectivity index (χ1n) is 6.75. The third kappa shape index (κ3) is 4.43. The maximum absolute atomic E-state index is 12.2. The zero-order chi connectivity index (χ0) is 13.0. The summed E-state index contributed by atoms with van der Waals surface area (Å²) >= 11 is 0. The molecule has 2 atom stereocenters. The highest BCUT2D eigenvalue weighted by Crippen LogP contribution is 2.21. The second kappa shape index (κ2) is 7.39. The summed E-state index contributed by atoms with van der Waals surface area (Å²) in [5, 5.41) is 3.19. The van der Waals surface area contributed by atoms with Crippen LogP contribution in [0.3, 0.4) is 0 Å². The monoisotopic (exact) mass is 282 g/mol. The summed E-state index contributed by atoms with van der Waals surface area (Å²) in [6.45, 7) is 5.65. The van der Waals surface area contributed by atoms with Gasteiger partial charge in [0.1, 0.15) is 0 Å². The number of nitrogens with one attached hydrogen (secondary N) is 1. The molecule has 19 heavy (non-hydrogen) atoms. The zero-order valence-corrected chi connectivity index (χ0v) is 12.5. The van der Waals surface area contributed by atoms with E-state index in [9.17, 15) is 4.79 Å². The molecule has 0 bridgehead atoms. The van der Waals surface area contributed by atoms with Gasteiger partial charge in [-0.15, -0.1) is 12.4 Å². The molecule has 2 rings (SSSR count). The van der Waals surface area contributed by atoms with Gasteiger partial charge in [-0.1, -0.05) is 25.1 Å². The van der Waals surface area contributed by atoms with Gasteiger partial charge in [0.15, 0.2) is 0 Å². The molecule has 3 nitrogen and oxygen atoms in total. The van der Waals surface area contributed by atoms with Crippen molar-refractivity contribution in [2.45, 2.75) is 32.7 Å². The Balaban J connectivity index is 0.00000180. The molecular weight excluding hydrogens is 260 g/mol. The number of likely N-dealkylation sites (tertiary alicyclic amines) is 1. The van der Waals surface area contributed by atoms with Gasteiger partial charge in [0.05, 0.1) is 6.54 Å². The molecule has 0 saturated carbocycles. The number of hydrogen-bond acceptors (Lipinski definition) is 2. The molecule has 106 valence electrons. The number of nitrogens with zero attached hydrogens (tertiary/aromatic N) is 1. The van der Waals surface area contributed by atoms with Crippen LogP contribution in [-0.2, 0) is 4.79 Å². The van der Waals surface area contributed by atoms with Gasteiger partial charge in [-0.05, 0) is 37.8 Å². The van der Waals surface area contributed by atoms with E-state index in [0.29, 0.717) is 18.5 Å². The lowest BCUT2D eigenvalue weighted by atomic mass is 9.95. The van der Waals surface area contributed by atoms with Gasteiger partial charge < -0.3 is 10.2 Å². The molecule has 1 aliphatic heterocycles. The van der Waals surface area contributed by atoms with Crippen molar-refractivity contribution in [2.24, 2.45) is 5.92 Å². The summed E-state index contributed by atoms with van der Waals surface area (Å²) in [7, 11) is 0.